The molecule has 3 rings (SSSR count). The van der Waals surface area contributed by atoms with Gasteiger partial charge in [-0.25, -0.2) is 0 Å². The van der Waals surface area contributed by atoms with Gasteiger partial charge in [-0.1, -0.05) is 17.7 Å². The maximum atomic E-state index is 5.43. The molecule has 0 bridgehead atoms. The Morgan fingerprint density at radius 2 is 1.67 bits per heavy atom. The van der Waals surface area contributed by atoms with E-state index in [0.717, 1.165) is 32.8 Å². The predicted molar refractivity (Wildman–Crippen MR) is 86.1 cm³/mol. The largest absolute Gasteiger partial charge is 0.379 e. The molecule has 0 unspecified atom stereocenters. The predicted octanol–water partition coefficient (Wildman–Crippen LogP) is 3.23. The number of aryl methyl sites for hydroxylation is 2. The second kappa shape index (κ2) is 6.04. The van der Waals surface area contributed by atoms with Gasteiger partial charge >= 0.3 is 0 Å². The summed E-state index contributed by atoms with van der Waals surface area (Å²) in [6.07, 6.45) is 0. The van der Waals surface area contributed by atoms with Crippen LogP contribution in [-0.4, -0.2) is 35.8 Å². The summed E-state index contributed by atoms with van der Waals surface area (Å²) in [6.45, 7) is 11.4. The minimum Gasteiger partial charge on any atom is -0.379 e. The first-order valence-electron chi connectivity index (χ1n) is 7.70. The molecule has 0 amide bonds. The molecule has 112 valence electrons. The topological polar surface area (TPSA) is 17.4 Å². The maximum absolute atomic E-state index is 5.43. The van der Waals surface area contributed by atoms with E-state index in [-0.39, 0.29) is 0 Å². The monoisotopic (exact) mass is 284 g/mol. The Morgan fingerprint density at radius 1 is 1.00 bits per heavy atom. The number of benzene rings is 1. The van der Waals surface area contributed by atoms with Crippen LogP contribution in [0.5, 0.6) is 0 Å². The van der Waals surface area contributed by atoms with Crippen LogP contribution >= 0.6 is 0 Å². The summed E-state index contributed by atoms with van der Waals surface area (Å²) in [5.74, 6) is 0. The normalized spacial score (nSPS) is 16.3. The highest BCUT2D eigenvalue weighted by Crippen LogP contribution is 2.22. The number of ether oxygens (including phenoxy) is 1. The lowest BCUT2D eigenvalue weighted by molar-refractivity contribution is 0.0341. The van der Waals surface area contributed by atoms with Crippen LogP contribution in [0.25, 0.3) is 5.69 Å². The van der Waals surface area contributed by atoms with E-state index in [4.69, 9.17) is 4.74 Å². The van der Waals surface area contributed by atoms with E-state index in [0.29, 0.717) is 0 Å². The highest BCUT2D eigenvalue weighted by molar-refractivity contribution is 5.42. The minimum absolute atomic E-state index is 0.858. The number of hydrogen-bond donors (Lipinski definition) is 0. The average molecular weight is 284 g/mol. The van der Waals surface area contributed by atoms with Gasteiger partial charge in [0, 0.05) is 36.7 Å². The van der Waals surface area contributed by atoms with Gasteiger partial charge in [0.1, 0.15) is 0 Å². The number of nitrogens with zero attached hydrogens (tertiary/aromatic N) is 2. The number of morpholine rings is 1. The molecule has 1 fully saturated rings. The molecule has 2 heterocycles. The molecule has 0 aliphatic carbocycles. The smallest absolute Gasteiger partial charge is 0.0594 e. The van der Waals surface area contributed by atoms with Gasteiger partial charge in [0.25, 0.3) is 0 Å². The fraction of sp³-hybridized carbons (Fsp3) is 0.444. The molecule has 0 spiro atoms. The third-order valence-electron chi connectivity index (χ3n) is 4.33. The van der Waals surface area contributed by atoms with Crippen LogP contribution in [0.2, 0.25) is 0 Å². The van der Waals surface area contributed by atoms with Gasteiger partial charge in [0.15, 0.2) is 0 Å². The molecule has 0 radical (unpaired) electrons. The minimum atomic E-state index is 0.858. The van der Waals surface area contributed by atoms with Gasteiger partial charge in [-0.2, -0.15) is 0 Å². The van der Waals surface area contributed by atoms with Gasteiger partial charge < -0.3 is 9.30 Å². The van der Waals surface area contributed by atoms with Crippen LogP contribution in [0.4, 0.5) is 0 Å². The molecule has 1 aliphatic rings. The number of rotatable bonds is 3. The molecule has 1 aromatic heterocycles. The van der Waals surface area contributed by atoms with E-state index >= 15 is 0 Å². The molecule has 3 heteroatoms. The molecule has 21 heavy (non-hydrogen) atoms. The van der Waals surface area contributed by atoms with Crippen molar-refractivity contribution in [3.63, 3.8) is 0 Å². The molecular weight excluding hydrogens is 260 g/mol. The molecule has 1 aliphatic heterocycles. The number of aromatic nitrogens is 1. The van der Waals surface area contributed by atoms with E-state index in [1.54, 1.807) is 0 Å². The Labute approximate surface area is 127 Å². The van der Waals surface area contributed by atoms with E-state index in [9.17, 15) is 0 Å². The summed E-state index contributed by atoms with van der Waals surface area (Å²) in [4.78, 5) is 2.48. The molecule has 0 N–H and O–H groups in total. The maximum Gasteiger partial charge on any atom is 0.0594 e. The van der Waals surface area contributed by atoms with Crippen molar-refractivity contribution in [2.45, 2.75) is 27.3 Å². The zero-order chi connectivity index (χ0) is 14.8. The quantitative estimate of drug-likeness (QED) is 0.861. The lowest BCUT2D eigenvalue weighted by atomic mass is 10.2. The van der Waals surface area contributed by atoms with Crippen molar-refractivity contribution in [3.8, 4) is 5.69 Å². The Kier molecular flexibility index (Phi) is 4.13. The lowest BCUT2D eigenvalue weighted by Crippen LogP contribution is -2.35. The summed E-state index contributed by atoms with van der Waals surface area (Å²) in [5.41, 5.74) is 6.64. The Morgan fingerprint density at radius 3 is 2.33 bits per heavy atom. The van der Waals surface area contributed by atoms with Crippen LogP contribution in [0, 0.1) is 20.8 Å². The van der Waals surface area contributed by atoms with Crippen LogP contribution < -0.4 is 0 Å². The zero-order valence-corrected chi connectivity index (χ0v) is 13.2. The molecule has 0 saturated carbocycles. The highest BCUT2D eigenvalue weighted by atomic mass is 16.5. The van der Waals surface area contributed by atoms with Crippen LogP contribution in [0.3, 0.4) is 0 Å². The molecule has 0 atom stereocenters. The van der Waals surface area contributed by atoms with E-state index in [1.807, 2.05) is 0 Å². The highest BCUT2D eigenvalue weighted by Gasteiger charge is 2.15. The van der Waals surface area contributed by atoms with Crippen LogP contribution in [0.15, 0.2) is 30.3 Å². The summed E-state index contributed by atoms with van der Waals surface area (Å²) in [6, 6.07) is 11.1. The molecule has 1 aromatic carbocycles. The van der Waals surface area contributed by atoms with Crippen LogP contribution in [0.1, 0.15) is 22.5 Å². The van der Waals surface area contributed by atoms with Crippen molar-refractivity contribution in [2.75, 3.05) is 26.3 Å². The first-order valence-corrected chi connectivity index (χ1v) is 7.70. The fourth-order valence-corrected chi connectivity index (χ4v) is 3.08. The third kappa shape index (κ3) is 3.04. The first kappa shape index (κ1) is 14.4. The van der Waals surface area contributed by atoms with Gasteiger partial charge in [0.2, 0.25) is 0 Å². The van der Waals surface area contributed by atoms with Crippen molar-refractivity contribution >= 4 is 0 Å². The second-order valence-corrected chi connectivity index (χ2v) is 5.96. The third-order valence-corrected chi connectivity index (χ3v) is 4.33. The van der Waals surface area contributed by atoms with E-state index in [2.05, 4.69) is 60.6 Å². The molecule has 2 aromatic rings. The van der Waals surface area contributed by atoms with Crippen molar-refractivity contribution in [2.24, 2.45) is 0 Å². The van der Waals surface area contributed by atoms with Gasteiger partial charge in [-0.3, -0.25) is 4.90 Å². The van der Waals surface area contributed by atoms with E-state index < -0.39 is 0 Å². The van der Waals surface area contributed by atoms with Crippen molar-refractivity contribution < 1.29 is 4.74 Å². The van der Waals surface area contributed by atoms with Crippen molar-refractivity contribution in [3.05, 3.63) is 52.8 Å². The van der Waals surface area contributed by atoms with Gasteiger partial charge in [-0.15, -0.1) is 0 Å². The molecular formula is C18H24N2O. The fourth-order valence-electron chi connectivity index (χ4n) is 3.08. The first-order chi connectivity index (χ1) is 10.1. The standard InChI is InChI=1S/C18H24N2O/c1-14-4-6-18(7-5-14)20-15(2)12-17(16(20)3)13-19-8-10-21-11-9-19/h4-7,12H,8-11,13H2,1-3H3. The lowest BCUT2D eigenvalue weighted by Gasteiger charge is -2.26. The summed E-state index contributed by atoms with van der Waals surface area (Å²) < 4.78 is 7.79. The SMILES string of the molecule is Cc1ccc(-n2c(C)cc(CN3CCOCC3)c2C)cc1. The van der Waals surface area contributed by atoms with Gasteiger partial charge in [-0.05, 0) is 44.5 Å². The van der Waals surface area contributed by atoms with Crippen molar-refractivity contribution in [1.29, 1.82) is 0 Å². The Bertz CT molecular complexity index is 607. The molecule has 1 saturated heterocycles. The van der Waals surface area contributed by atoms with Gasteiger partial charge in [0.05, 0.1) is 13.2 Å². The summed E-state index contributed by atoms with van der Waals surface area (Å²) in [5, 5.41) is 0. The summed E-state index contributed by atoms with van der Waals surface area (Å²) >= 11 is 0. The van der Waals surface area contributed by atoms with Crippen LogP contribution in [-0.2, 0) is 11.3 Å². The zero-order valence-electron chi connectivity index (χ0n) is 13.2. The molecule has 3 nitrogen and oxygen atoms in total. The van der Waals surface area contributed by atoms with Crippen molar-refractivity contribution in [1.82, 2.24) is 9.47 Å². The number of hydrogen-bond acceptors (Lipinski definition) is 2. The Hall–Kier alpha value is -1.58. The summed E-state index contributed by atoms with van der Waals surface area (Å²) in [7, 11) is 0. The average Bonchev–Trinajstić information content (AvgIpc) is 2.76. The Balaban J connectivity index is 1.87. The van der Waals surface area contributed by atoms with E-state index in [1.165, 1.54) is 28.2 Å². The second-order valence-electron chi connectivity index (χ2n) is 5.96.